The van der Waals surface area contributed by atoms with Crippen molar-refractivity contribution in [1.82, 2.24) is 5.32 Å². The number of hydrogen-bond donors (Lipinski definition) is 1. The highest BCUT2D eigenvalue weighted by atomic mass is 16.2. The van der Waals surface area contributed by atoms with Gasteiger partial charge in [0.15, 0.2) is 0 Å². The van der Waals surface area contributed by atoms with E-state index in [2.05, 4.69) is 15.3 Å². The zero-order valence-electron chi connectivity index (χ0n) is 4.74. The number of nitrogens with zero attached hydrogens (tertiary/aromatic N) is 3. The van der Waals surface area contributed by atoms with Gasteiger partial charge in [-0.1, -0.05) is 5.11 Å². The van der Waals surface area contributed by atoms with Gasteiger partial charge in [-0.3, -0.25) is 4.79 Å². The summed E-state index contributed by atoms with van der Waals surface area (Å²) < 4.78 is 0. The first-order valence-electron chi connectivity index (χ1n) is 2.66. The summed E-state index contributed by atoms with van der Waals surface area (Å²) in [5.41, 5.74) is 7.92. The van der Waals surface area contributed by atoms with Crippen molar-refractivity contribution >= 4 is 5.91 Å². The molecule has 0 saturated carbocycles. The number of azide groups is 1. The van der Waals surface area contributed by atoms with E-state index in [1.807, 2.05) is 0 Å². The topological polar surface area (TPSA) is 77.9 Å². The summed E-state index contributed by atoms with van der Waals surface area (Å²) >= 11 is 0. The maximum atomic E-state index is 10.6. The second-order valence-corrected chi connectivity index (χ2v) is 1.80. The fourth-order valence-electron chi connectivity index (χ4n) is 0.754. The lowest BCUT2D eigenvalue weighted by atomic mass is 10.3. The van der Waals surface area contributed by atoms with Crippen molar-refractivity contribution in [2.45, 2.75) is 12.5 Å². The Morgan fingerprint density at radius 1 is 1.89 bits per heavy atom. The monoisotopic (exact) mass is 126 g/mol. The third-order valence-electron chi connectivity index (χ3n) is 1.21. The molecule has 1 N–H and O–H groups in total. The molecule has 1 atom stereocenters. The van der Waals surface area contributed by atoms with Crippen molar-refractivity contribution in [2.75, 3.05) is 6.54 Å². The smallest absolute Gasteiger partial charge is 0.229 e. The minimum atomic E-state index is -0.463. The summed E-state index contributed by atoms with van der Waals surface area (Å²) in [7, 11) is 0. The van der Waals surface area contributed by atoms with Crippen molar-refractivity contribution in [3.05, 3.63) is 10.4 Å². The number of rotatable bonds is 1. The van der Waals surface area contributed by atoms with E-state index < -0.39 is 6.04 Å². The predicted molar refractivity (Wildman–Crippen MR) is 30.6 cm³/mol. The van der Waals surface area contributed by atoms with Crippen LogP contribution in [0.25, 0.3) is 10.4 Å². The molecule has 0 bridgehead atoms. The second kappa shape index (κ2) is 2.37. The number of nitrogens with one attached hydrogen (secondary N) is 1. The molecule has 5 nitrogen and oxygen atoms in total. The van der Waals surface area contributed by atoms with Gasteiger partial charge in [0.05, 0.1) is 0 Å². The minimum Gasteiger partial charge on any atom is -0.356 e. The third-order valence-corrected chi connectivity index (χ3v) is 1.21. The van der Waals surface area contributed by atoms with Crippen LogP contribution < -0.4 is 5.32 Å². The van der Waals surface area contributed by atoms with Crippen molar-refractivity contribution in [1.29, 1.82) is 0 Å². The van der Waals surface area contributed by atoms with Gasteiger partial charge in [0, 0.05) is 11.5 Å². The van der Waals surface area contributed by atoms with Crippen LogP contribution in [-0.2, 0) is 4.79 Å². The fourth-order valence-corrected chi connectivity index (χ4v) is 0.754. The van der Waals surface area contributed by atoms with Crippen LogP contribution >= 0.6 is 0 Å². The van der Waals surface area contributed by atoms with Crippen LogP contribution in [0.2, 0.25) is 0 Å². The molecule has 1 fully saturated rings. The van der Waals surface area contributed by atoms with Crippen LogP contribution in [0, 0.1) is 0 Å². The largest absolute Gasteiger partial charge is 0.356 e. The second-order valence-electron chi connectivity index (χ2n) is 1.80. The van der Waals surface area contributed by atoms with Crippen molar-refractivity contribution in [3.63, 3.8) is 0 Å². The van der Waals surface area contributed by atoms with E-state index in [4.69, 9.17) is 5.53 Å². The molecule has 1 aliphatic rings. The number of hydrogen-bond acceptors (Lipinski definition) is 2. The van der Waals surface area contributed by atoms with Crippen molar-refractivity contribution in [3.8, 4) is 0 Å². The average Bonchev–Trinajstić information content (AvgIpc) is 2.18. The highest BCUT2D eigenvalue weighted by Crippen LogP contribution is 2.03. The van der Waals surface area contributed by atoms with Gasteiger partial charge in [0.1, 0.15) is 6.04 Å². The summed E-state index contributed by atoms with van der Waals surface area (Å²) in [5.74, 6) is -0.159. The van der Waals surface area contributed by atoms with Gasteiger partial charge in [-0.05, 0) is 12.0 Å². The average molecular weight is 126 g/mol. The first-order valence-corrected chi connectivity index (χ1v) is 2.66. The van der Waals surface area contributed by atoms with E-state index in [1.54, 1.807) is 0 Å². The SMILES string of the molecule is [N-]=[N+]=NC1CCNC1=O. The van der Waals surface area contributed by atoms with Gasteiger partial charge < -0.3 is 5.32 Å². The van der Waals surface area contributed by atoms with Gasteiger partial charge in [0.25, 0.3) is 0 Å². The molecule has 0 spiro atoms. The molecule has 0 radical (unpaired) electrons. The van der Waals surface area contributed by atoms with Crippen LogP contribution in [0.15, 0.2) is 5.11 Å². The Kier molecular flexibility index (Phi) is 1.55. The molecule has 0 aromatic heterocycles. The Hall–Kier alpha value is -1.22. The Bertz CT molecular complexity index is 171. The third kappa shape index (κ3) is 1.12. The molecule has 0 aromatic carbocycles. The van der Waals surface area contributed by atoms with Gasteiger partial charge in [-0.2, -0.15) is 0 Å². The number of carbonyl (C=O) groups is 1. The van der Waals surface area contributed by atoms with Gasteiger partial charge in [-0.25, -0.2) is 0 Å². The molecule has 1 aliphatic heterocycles. The van der Waals surface area contributed by atoms with Gasteiger partial charge in [-0.15, -0.1) is 0 Å². The highest BCUT2D eigenvalue weighted by Gasteiger charge is 2.21. The standard InChI is InChI=1S/C4H6N4O/c5-8-7-3-1-2-6-4(3)9/h3H,1-2H2,(H,6,9). The van der Waals surface area contributed by atoms with Crippen LogP contribution in [0.1, 0.15) is 6.42 Å². The Morgan fingerprint density at radius 2 is 2.67 bits per heavy atom. The lowest BCUT2D eigenvalue weighted by Gasteiger charge is -1.91. The van der Waals surface area contributed by atoms with Crippen molar-refractivity contribution < 1.29 is 4.79 Å². The molecule has 1 amide bonds. The number of carbonyl (C=O) groups excluding carboxylic acids is 1. The maximum Gasteiger partial charge on any atom is 0.229 e. The molecule has 1 saturated heterocycles. The molecule has 1 heterocycles. The molecule has 5 heteroatoms. The minimum absolute atomic E-state index is 0.159. The zero-order valence-corrected chi connectivity index (χ0v) is 4.74. The molecule has 0 aliphatic carbocycles. The van der Waals surface area contributed by atoms with Crippen LogP contribution in [0.5, 0.6) is 0 Å². The Labute approximate surface area is 51.7 Å². The highest BCUT2D eigenvalue weighted by molar-refractivity contribution is 5.83. The first kappa shape index (κ1) is 5.91. The Morgan fingerprint density at radius 3 is 3.11 bits per heavy atom. The zero-order chi connectivity index (χ0) is 6.69. The predicted octanol–water partition coefficient (Wildman–Crippen LogP) is 0.185. The van der Waals surface area contributed by atoms with Crippen LogP contribution in [0.4, 0.5) is 0 Å². The lowest BCUT2D eigenvalue weighted by molar-refractivity contribution is -0.120. The normalized spacial score (nSPS) is 24.9. The van der Waals surface area contributed by atoms with E-state index in [0.717, 1.165) is 0 Å². The maximum absolute atomic E-state index is 10.6. The molecule has 1 unspecified atom stereocenters. The quantitative estimate of drug-likeness (QED) is 0.303. The van der Waals surface area contributed by atoms with E-state index in [0.29, 0.717) is 13.0 Å². The molecule has 48 valence electrons. The van der Waals surface area contributed by atoms with Gasteiger partial charge in [0.2, 0.25) is 5.91 Å². The van der Waals surface area contributed by atoms with E-state index in [9.17, 15) is 4.79 Å². The van der Waals surface area contributed by atoms with Crippen LogP contribution in [-0.4, -0.2) is 18.5 Å². The Balaban J connectivity index is 2.59. The van der Waals surface area contributed by atoms with Crippen LogP contribution in [0.3, 0.4) is 0 Å². The summed E-state index contributed by atoms with van der Waals surface area (Å²) in [6.45, 7) is 0.628. The first-order chi connectivity index (χ1) is 4.34. The van der Waals surface area contributed by atoms with E-state index in [-0.39, 0.29) is 5.91 Å². The summed E-state index contributed by atoms with van der Waals surface area (Å²) in [6, 6.07) is -0.463. The molecule has 0 aromatic rings. The summed E-state index contributed by atoms with van der Waals surface area (Å²) in [5, 5.41) is 5.82. The molecule has 9 heavy (non-hydrogen) atoms. The van der Waals surface area contributed by atoms with E-state index >= 15 is 0 Å². The molecular weight excluding hydrogens is 120 g/mol. The lowest BCUT2D eigenvalue weighted by Crippen LogP contribution is -2.20. The van der Waals surface area contributed by atoms with E-state index in [1.165, 1.54) is 0 Å². The number of amides is 1. The van der Waals surface area contributed by atoms with Gasteiger partial charge >= 0.3 is 0 Å². The fraction of sp³-hybridized carbons (Fsp3) is 0.750. The summed E-state index contributed by atoms with van der Waals surface area (Å²) in [4.78, 5) is 13.1. The molecule has 1 rings (SSSR count). The molecular formula is C4H6N4O. The summed E-state index contributed by atoms with van der Waals surface area (Å²) in [6.07, 6.45) is 0.628. The van der Waals surface area contributed by atoms with Crippen molar-refractivity contribution in [2.24, 2.45) is 5.11 Å².